The van der Waals surface area contributed by atoms with Gasteiger partial charge in [0.15, 0.2) is 0 Å². The third-order valence-corrected chi connectivity index (χ3v) is 3.73. The first-order valence-corrected chi connectivity index (χ1v) is 6.80. The van der Waals surface area contributed by atoms with E-state index in [1.165, 1.54) is 24.3 Å². The van der Waals surface area contributed by atoms with Crippen LogP contribution in [0.2, 0.25) is 0 Å². The van der Waals surface area contributed by atoms with E-state index in [2.05, 4.69) is 5.32 Å². The maximum atomic E-state index is 12.3. The van der Waals surface area contributed by atoms with Gasteiger partial charge in [-0.25, -0.2) is 0 Å². The monoisotopic (exact) mass is 303 g/mol. The van der Waals surface area contributed by atoms with Gasteiger partial charge in [0, 0.05) is 29.7 Å². The minimum atomic E-state index is -1.24. The quantitative estimate of drug-likeness (QED) is 0.511. The van der Waals surface area contributed by atoms with Gasteiger partial charge in [-0.1, -0.05) is 11.6 Å². The number of rotatable bonds is 4. The second-order valence-electron chi connectivity index (χ2n) is 5.32. The van der Waals surface area contributed by atoms with Crippen molar-refractivity contribution in [3.8, 4) is 0 Å². The Kier molecular flexibility index (Phi) is 4.55. The van der Waals surface area contributed by atoms with Crippen molar-refractivity contribution in [2.24, 2.45) is 11.8 Å². The number of carbonyl (C=O) groups is 2. The molecular formula is C15H15N2O5-. The first-order valence-electron chi connectivity index (χ1n) is 6.80. The van der Waals surface area contributed by atoms with Crippen molar-refractivity contribution in [3.63, 3.8) is 0 Å². The van der Waals surface area contributed by atoms with Crippen LogP contribution in [0, 0.1) is 22.0 Å². The Morgan fingerprint density at radius 2 is 1.86 bits per heavy atom. The van der Waals surface area contributed by atoms with E-state index in [0.29, 0.717) is 12.1 Å². The fourth-order valence-corrected chi connectivity index (χ4v) is 2.50. The summed E-state index contributed by atoms with van der Waals surface area (Å²) in [6, 6.07) is 5.38. The molecule has 0 heterocycles. The maximum absolute atomic E-state index is 12.3. The van der Waals surface area contributed by atoms with Crippen LogP contribution in [0.1, 0.15) is 19.8 Å². The molecule has 1 aliphatic carbocycles. The molecule has 0 saturated carbocycles. The molecule has 0 aliphatic heterocycles. The largest absolute Gasteiger partial charge is 0.550 e. The van der Waals surface area contributed by atoms with Gasteiger partial charge in [0.2, 0.25) is 5.91 Å². The molecule has 0 saturated heterocycles. The van der Waals surface area contributed by atoms with E-state index >= 15 is 0 Å². The summed E-state index contributed by atoms with van der Waals surface area (Å²) in [7, 11) is 0. The zero-order valence-corrected chi connectivity index (χ0v) is 11.9. The van der Waals surface area contributed by atoms with Crippen molar-refractivity contribution in [2.45, 2.75) is 19.8 Å². The Hall–Kier alpha value is -2.70. The van der Waals surface area contributed by atoms with Crippen LogP contribution in [0.15, 0.2) is 35.9 Å². The van der Waals surface area contributed by atoms with Crippen LogP contribution < -0.4 is 10.4 Å². The second-order valence-corrected chi connectivity index (χ2v) is 5.32. The number of nitrogens with zero attached hydrogens (tertiary/aromatic N) is 1. The highest BCUT2D eigenvalue weighted by molar-refractivity contribution is 5.95. The number of carbonyl (C=O) groups excluding carboxylic acids is 2. The molecule has 7 heteroatoms. The highest BCUT2D eigenvalue weighted by Crippen LogP contribution is 2.30. The minimum Gasteiger partial charge on any atom is -0.550 e. The van der Waals surface area contributed by atoms with Crippen LogP contribution >= 0.6 is 0 Å². The van der Waals surface area contributed by atoms with Gasteiger partial charge in [0.1, 0.15) is 0 Å². The van der Waals surface area contributed by atoms with Gasteiger partial charge in [0.25, 0.3) is 5.69 Å². The molecule has 0 unspecified atom stereocenters. The van der Waals surface area contributed by atoms with Gasteiger partial charge in [0.05, 0.1) is 10.8 Å². The minimum absolute atomic E-state index is 0.0814. The summed E-state index contributed by atoms with van der Waals surface area (Å²) in [5, 5.41) is 24.3. The van der Waals surface area contributed by atoms with Crippen LogP contribution in [-0.4, -0.2) is 16.8 Å². The number of hydrogen-bond acceptors (Lipinski definition) is 5. The third-order valence-electron chi connectivity index (χ3n) is 3.73. The van der Waals surface area contributed by atoms with Crippen molar-refractivity contribution in [1.29, 1.82) is 0 Å². The fraction of sp³-hybridized carbons (Fsp3) is 0.333. The normalized spacial score (nSPS) is 20.9. The lowest BCUT2D eigenvalue weighted by Crippen LogP contribution is -2.42. The topological polar surface area (TPSA) is 112 Å². The number of hydrogen-bond donors (Lipinski definition) is 1. The van der Waals surface area contributed by atoms with E-state index in [4.69, 9.17) is 0 Å². The number of non-ortho nitro benzene ring substituents is 1. The zero-order valence-electron chi connectivity index (χ0n) is 11.9. The average Bonchev–Trinajstić information content (AvgIpc) is 2.47. The van der Waals surface area contributed by atoms with Gasteiger partial charge in [-0.05, 0) is 31.9 Å². The number of amides is 1. The SMILES string of the molecule is CC1=CC[C@H](C(=O)[O-])[C@@H](C(=O)Nc2ccc([N+](=O)[O-])cc2)C1. The first kappa shape index (κ1) is 15.7. The number of nitro groups is 1. The summed E-state index contributed by atoms with van der Waals surface area (Å²) in [6.45, 7) is 1.84. The van der Waals surface area contributed by atoms with Crippen molar-refractivity contribution >= 4 is 23.3 Å². The van der Waals surface area contributed by atoms with Gasteiger partial charge >= 0.3 is 0 Å². The van der Waals surface area contributed by atoms with Gasteiger partial charge in [-0.3, -0.25) is 14.9 Å². The highest BCUT2D eigenvalue weighted by atomic mass is 16.6. The van der Waals surface area contributed by atoms with Gasteiger partial charge < -0.3 is 15.2 Å². The molecule has 22 heavy (non-hydrogen) atoms. The van der Waals surface area contributed by atoms with Crippen molar-refractivity contribution < 1.29 is 19.6 Å². The van der Waals surface area contributed by atoms with Crippen molar-refractivity contribution in [2.75, 3.05) is 5.32 Å². The fourth-order valence-electron chi connectivity index (χ4n) is 2.50. The summed E-state index contributed by atoms with van der Waals surface area (Å²) in [4.78, 5) is 33.5. The number of carboxylic acid groups (broad SMARTS) is 1. The predicted molar refractivity (Wildman–Crippen MR) is 76.7 cm³/mol. The number of nitrogens with one attached hydrogen (secondary N) is 1. The second kappa shape index (κ2) is 6.38. The van der Waals surface area contributed by atoms with E-state index in [9.17, 15) is 24.8 Å². The Balaban J connectivity index is 2.11. The Bertz CT molecular complexity index is 636. The number of allylic oxidation sites excluding steroid dienone is 2. The molecule has 2 atom stereocenters. The lowest BCUT2D eigenvalue weighted by molar-refractivity contribution is -0.384. The number of anilines is 1. The molecule has 116 valence electrons. The average molecular weight is 303 g/mol. The lowest BCUT2D eigenvalue weighted by Gasteiger charge is -2.30. The highest BCUT2D eigenvalue weighted by Gasteiger charge is 2.31. The lowest BCUT2D eigenvalue weighted by atomic mass is 9.79. The molecule has 0 spiro atoms. The molecule has 1 N–H and O–H groups in total. The van der Waals surface area contributed by atoms with E-state index in [1.54, 1.807) is 6.08 Å². The summed E-state index contributed by atoms with van der Waals surface area (Å²) in [6.07, 6.45) is 2.43. The summed E-state index contributed by atoms with van der Waals surface area (Å²) >= 11 is 0. The van der Waals surface area contributed by atoms with Crippen LogP contribution in [0.5, 0.6) is 0 Å². The summed E-state index contributed by atoms with van der Waals surface area (Å²) in [5.74, 6) is -3.23. The van der Waals surface area contributed by atoms with Crippen molar-refractivity contribution in [3.05, 3.63) is 46.0 Å². The van der Waals surface area contributed by atoms with Crippen LogP contribution in [0.4, 0.5) is 11.4 Å². The van der Waals surface area contributed by atoms with Crippen LogP contribution in [-0.2, 0) is 9.59 Å². The Morgan fingerprint density at radius 3 is 2.41 bits per heavy atom. The van der Waals surface area contributed by atoms with Gasteiger partial charge in [-0.15, -0.1) is 0 Å². The van der Waals surface area contributed by atoms with E-state index in [1.807, 2.05) is 6.92 Å². The summed E-state index contributed by atoms with van der Waals surface area (Å²) < 4.78 is 0. The Labute approximate surface area is 126 Å². The molecule has 0 radical (unpaired) electrons. The third kappa shape index (κ3) is 3.49. The molecule has 1 aromatic carbocycles. The van der Waals surface area contributed by atoms with Crippen LogP contribution in [0.3, 0.4) is 0 Å². The smallest absolute Gasteiger partial charge is 0.269 e. The van der Waals surface area contributed by atoms with Crippen molar-refractivity contribution in [1.82, 2.24) is 0 Å². The van der Waals surface area contributed by atoms with E-state index in [0.717, 1.165) is 5.57 Å². The Morgan fingerprint density at radius 1 is 1.23 bits per heavy atom. The zero-order chi connectivity index (χ0) is 16.3. The van der Waals surface area contributed by atoms with E-state index in [-0.39, 0.29) is 12.1 Å². The number of benzene rings is 1. The molecule has 1 aliphatic rings. The van der Waals surface area contributed by atoms with Crippen LogP contribution in [0.25, 0.3) is 0 Å². The number of nitro benzene ring substituents is 1. The molecule has 0 bridgehead atoms. The number of aliphatic carboxylic acids is 1. The molecular weight excluding hydrogens is 288 g/mol. The van der Waals surface area contributed by atoms with Gasteiger partial charge in [-0.2, -0.15) is 0 Å². The predicted octanol–water partition coefficient (Wildman–Crippen LogP) is 1.26. The molecule has 1 amide bonds. The summed E-state index contributed by atoms with van der Waals surface area (Å²) in [5.41, 5.74) is 1.27. The first-order chi connectivity index (χ1) is 10.4. The number of carboxylic acids is 1. The standard InChI is InChI=1S/C15H16N2O5/c1-9-2-7-12(15(19)20)13(8-9)14(18)16-10-3-5-11(6-4-10)17(21)22/h2-6,12-13H,7-8H2,1H3,(H,16,18)(H,19,20)/p-1/t12-,13-/m0/s1. The molecule has 1 aromatic rings. The molecule has 0 aromatic heterocycles. The maximum Gasteiger partial charge on any atom is 0.269 e. The molecule has 0 fully saturated rings. The molecule has 2 rings (SSSR count). The van der Waals surface area contributed by atoms with E-state index < -0.39 is 28.6 Å². The molecule has 7 nitrogen and oxygen atoms in total.